The largest absolute Gasteiger partial charge is 0.361 e. The minimum Gasteiger partial charge on any atom is -0.361 e. The lowest BCUT2D eigenvalue weighted by molar-refractivity contribution is -0.127. The molecule has 2 heterocycles. The van der Waals surface area contributed by atoms with Crippen molar-refractivity contribution < 1.29 is 9.59 Å². The number of aromatic nitrogens is 1. The molecule has 29 heavy (non-hydrogen) atoms. The van der Waals surface area contributed by atoms with E-state index >= 15 is 0 Å². The fourth-order valence-corrected chi connectivity index (χ4v) is 3.68. The van der Waals surface area contributed by atoms with Crippen molar-refractivity contribution in [2.24, 2.45) is 5.73 Å². The summed E-state index contributed by atoms with van der Waals surface area (Å²) in [5, 5.41) is 12.8. The van der Waals surface area contributed by atoms with Crippen LogP contribution in [-0.2, 0) is 24.2 Å². The molecule has 1 atom stereocenters. The summed E-state index contributed by atoms with van der Waals surface area (Å²) in [5.41, 5.74) is 10.2. The van der Waals surface area contributed by atoms with E-state index in [1.54, 1.807) is 24.3 Å². The number of hydrogen-bond acceptors (Lipinski definition) is 4. The number of urea groups is 1. The predicted molar refractivity (Wildman–Crippen MR) is 109 cm³/mol. The van der Waals surface area contributed by atoms with E-state index in [9.17, 15) is 9.59 Å². The first-order chi connectivity index (χ1) is 14.1. The summed E-state index contributed by atoms with van der Waals surface area (Å²) < 4.78 is 0. The van der Waals surface area contributed by atoms with Crippen molar-refractivity contribution in [2.45, 2.75) is 25.4 Å². The summed E-state index contributed by atoms with van der Waals surface area (Å²) >= 11 is 0. The molecule has 7 nitrogen and oxygen atoms in total. The van der Waals surface area contributed by atoms with Crippen LogP contribution in [0.15, 0.2) is 48.7 Å². The number of rotatable bonds is 6. The van der Waals surface area contributed by atoms with Gasteiger partial charge in [-0.2, -0.15) is 5.26 Å². The summed E-state index contributed by atoms with van der Waals surface area (Å²) in [4.78, 5) is 29.6. The molecule has 1 aliphatic heterocycles. The molecule has 0 saturated carbocycles. The third-order valence-corrected chi connectivity index (χ3v) is 5.22. The lowest BCUT2D eigenvalue weighted by Gasteiger charge is -2.13. The quantitative estimate of drug-likeness (QED) is 0.562. The topological polar surface area (TPSA) is 115 Å². The second-order valence-electron chi connectivity index (χ2n) is 7.17. The molecule has 146 valence electrons. The third kappa shape index (κ3) is 3.71. The molecule has 1 unspecified atom stereocenters. The van der Waals surface area contributed by atoms with Crippen LogP contribution in [0.5, 0.6) is 0 Å². The molecule has 7 heteroatoms. The highest BCUT2D eigenvalue weighted by Crippen LogP contribution is 2.22. The number of aromatic amines is 1. The van der Waals surface area contributed by atoms with Crippen LogP contribution >= 0.6 is 0 Å². The minimum absolute atomic E-state index is 0.185. The first-order valence-corrected chi connectivity index (χ1v) is 9.49. The third-order valence-electron chi connectivity index (χ3n) is 5.22. The van der Waals surface area contributed by atoms with E-state index in [1.165, 1.54) is 4.90 Å². The zero-order chi connectivity index (χ0) is 20.4. The van der Waals surface area contributed by atoms with Gasteiger partial charge in [0.15, 0.2) is 0 Å². The van der Waals surface area contributed by atoms with E-state index in [4.69, 9.17) is 11.0 Å². The number of hydrogen-bond donors (Lipinski definition) is 3. The van der Waals surface area contributed by atoms with Crippen LogP contribution in [0.3, 0.4) is 0 Å². The van der Waals surface area contributed by atoms with Crippen molar-refractivity contribution in [3.63, 3.8) is 0 Å². The molecule has 3 amide bonds. The molecule has 0 aliphatic carbocycles. The maximum absolute atomic E-state index is 12.8. The first kappa shape index (κ1) is 18.7. The van der Waals surface area contributed by atoms with E-state index in [0.717, 1.165) is 34.0 Å². The van der Waals surface area contributed by atoms with Gasteiger partial charge in [0.25, 0.3) is 5.91 Å². The molecule has 2 aromatic carbocycles. The summed E-state index contributed by atoms with van der Waals surface area (Å²) in [6.45, 7) is 0.753. The number of amides is 3. The molecular formula is C22H21N5O2. The Morgan fingerprint density at radius 3 is 2.59 bits per heavy atom. The number of nitrogens with zero attached hydrogens (tertiary/aromatic N) is 2. The van der Waals surface area contributed by atoms with Gasteiger partial charge in [-0.15, -0.1) is 0 Å². The Bertz CT molecular complexity index is 1110. The van der Waals surface area contributed by atoms with Crippen LogP contribution in [0, 0.1) is 11.3 Å². The molecule has 1 aromatic heterocycles. The van der Waals surface area contributed by atoms with Gasteiger partial charge in [-0.3, -0.25) is 9.69 Å². The number of benzene rings is 2. The standard InChI is InChI=1S/C22H21N5O2/c23-8-7-17-12-25-19-6-5-16(9-18(17)19)10-20-21(28)27(22(29)26-20)13-15-3-1-14(11-24)2-4-15/h1-6,9,12,20,25H,7-8,10,13,23H2,(H,26,29). The number of fused-ring (bicyclic) bond motifs is 1. The molecule has 0 spiro atoms. The maximum Gasteiger partial charge on any atom is 0.325 e. The van der Waals surface area contributed by atoms with Gasteiger partial charge in [0.2, 0.25) is 0 Å². The van der Waals surface area contributed by atoms with Gasteiger partial charge in [0.05, 0.1) is 18.2 Å². The first-order valence-electron chi connectivity index (χ1n) is 9.49. The number of nitriles is 1. The molecule has 4 rings (SSSR count). The highest BCUT2D eigenvalue weighted by atomic mass is 16.2. The fourth-order valence-electron chi connectivity index (χ4n) is 3.68. The normalized spacial score (nSPS) is 16.3. The minimum atomic E-state index is -0.588. The van der Waals surface area contributed by atoms with Crippen LogP contribution in [0.1, 0.15) is 22.3 Å². The van der Waals surface area contributed by atoms with Gasteiger partial charge in [-0.25, -0.2) is 4.79 Å². The molecule has 1 fully saturated rings. The second kappa shape index (κ2) is 7.78. The van der Waals surface area contributed by atoms with E-state index < -0.39 is 12.1 Å². The van der Waals surface area contributed by atoms with Gasteiger partial charge in [-0.05, 0) is 53.9 Å². The van der Waals surface area contributed by atoms with Gasteiger partial charge >= 0.3 is 6.03 Å². The van der Waals surface area contributed by atoms with Crippen molar-refractivity contribution in [1.82, 2.24) is 15.2 Å². The highest BCUT2D eigenvalue weighted by molar-refractivity contribution is 6.04. The number of imide groups is 1. The number of nitrogens with one attached hydrogen (secondary N) is 2. The Balaban J connectivity index is 1.49. The van der Waals surface area contributed by atoms with Gasteiger partial charge in [0, 0.05) is 23.5 Å². The summed E-state index contributed by atoms with van der Waals surface area (Å²) in [6, 6.07) is 13.9. The zero-order valence-electron chi connectivity index (χ0n) is 15.8. The van der Waals surface area contributed by atoms with Crippen molar-refractivity contribution in [3.8, 4) is 6.07 Å². The molecule has 1 saturated heterocycles. The number of H-pyrrole nitrogens is 1. The van der Waals surface area contributed by atoms with Crippen LogP contribution in [0.2, 0.25) is 0 Å². The number of carbonyl (C=O) groups excluding carboxylic acids is 2. The van der Waals surface area contributed by atoms with Crippen molar-refractivity contribution in [2.75, 3.05) is 6.54 Å². The number of carbonyl (C=O) groups is 2. The predicted octanol–water partition coefficient (Wildman–Crippen LogP) is 2.20. The van der Waals surface area contributed by atoms with Crippen molar-refractivity contribution in [3.05, 3.63) is 70.9 Å². The Labute approximate surface area is 168 Å². The molecule has 0 radical (unpaired) electrons. The molecule has 1 aliphatic rings. The Morgan fingerprint density at radius 1 is 1.10 bits per heavy atom. The smallest absolute Gasteiger partial charge is 0.325 e. The second-order valence-corrected chi connectivity index (χ2v) is 7.17. The van der Waals surface area contributed by atoms with E-state index in [-0.39, 0.29) is 12.5 Å². The Morgan fingerprint density at radius 2 is 1.86 bits per heavy atom. The van der Waals surface area contributed by atoms with Gasteiger partial charge in [0.1, 0.15) is 6.04 Å². The average molecular weight is 387 g/mol. The highest BCUT2D eigenvalue weighted by Gasteiger charge is 2.37. The van der Waals surface area contributed by atoms with Gasteiger partial charge < -0.3 is 16.0 Å². The molecular weight excluding hydrogens is 366 g/mol. The zero-order valence-corrected chi connectivity index (χ0v) is 15.8. The van der Waals surface area contributed by atoms with Crippen LogP contribution in [0.25, 0.3) is 10.9 Å². The monoisotopic (exact) mass is 387 g/mol. The fraction of sp³-hybridized carbons (Fsp3) is 0.227. The van der Waals surface area contributed by atoms with E-state index in [1.807, 2.05) is 18.3 Å². The number of nitrogens with two attached hydrogens (primary N) is 1. The molecule has 3 aromatic rings. The lowest BCUT2D eigenvalue weighted by atomic mass is 10.0. The SMILES string of the molecule is N#Cc1ccc(CN2C(=O)NC(Cc3ccc4[nH]cc(CCN)c4c3)C2=O)cc1. The summed E-state index contributed by atoms with van der Waals surface area (Å²) in [7, 11) is 0. The molecule has 4 N–H and O–H groups in total. The van der Waals surface area contributed by atoms with E-state index in [2.05, 4.69) is 22.4 Å². The lowest BCUT2D eigenvalue weighted by Crippen LogP contribution is -2.32. The van der Waals surface area contributed by atoms with Gasteiger partial charge in [-0.1, -0.05) is 18.2 Å². The van der Waals surface area contributed by atoms with Crippen LogP contribution in [0.4, 0.5) is 4.79 Å². The average Bonchev–Trinajstić information content (AvgIpc) is 3.24. The van der Waals surface area contributed by atoms with Crippen LogP contribution < -0.4 is 11.1 Å². The Hall–Kier alpha value is -3.63. The van der Waals surface area contributed by atoms with Crippen LogP contribution in [-0.4, -0.2) is 34.4 Å². The summed E-state index contributed by atoms with van der Waals surface area (Å²) in [6.07, 6.45) is 3.17. The molecule has 0 bridgehead atoms. The van der Waals surface area contributed by atoms with E-state index in [0.29, 0.717) is 18.5 Å². The van der Waals surface area contributed by atoms with Crippen molar-refractivity contribution >= 4 is 22.8 Å². The van der Waals surface area contributed by atoms with Crippen molar-refractivity contribution in [1.29, 1.82) is 5.26 Å². The summed E-state index contributed by atoms with van der Waals surface area (Å²) in [5.74, 6) is -0.240. The Kier molecular flexibility index (Phi) is 5.02. The maximum atomic E-state index is 12.8.